The fourth-order valence-corrected chi connectivity index (χ4v) is 2.90. The van der Waals surface area contributed by atoms with Crippen LogP contribution < -0.4 is 5.32 Å². The summed E-state index contributed by atoms with van der Waals surface area (Å²) >= 11 is 0. The maximum atomic E-state index is 11.0. The zero-order valence-corrected chi connectivity index (χ0v) is 6.93. The lowest BCUT2D eigenvalue weighted by atomic mass is 10.2. The van der Waals surface area contributed by atoms with Gasteiger partial charge in [0.25, 0.3) is 0 Å². The third kappa shape index (κ3) is 2.49. The van der Waals surface area contributed by atoms with Crippen LogP contribution >= 0.6 is 0 Å². The van der Waals surface area contributed by atoms with Crippen molar-refractivity contribution < 1.29 is 13.2 Å². The molecule has 1 saturated heterocycles. The van der Waals surface area contributed by atoms with E-state index in [2.05, 4.69) is 5.32 Å². The van der Waals surface area contributed by atoms with Gasteiger partial charge in [0.1, 0.15) is 0 Å². The maximum Gasteiger partial charge on any atom is 0.207 e. The quantitative estimate of drug-likeness (QED) is 0.568. The van der Waals surface area contributed by atoms with Crippen LogP contribution in [-0.4, -0.2) is 32.4 Å². The molecule has 1 heterocycles. The van der Waals surface area contributed by atoms with E-state index >= 15 is 0 Å². The van der Waals surface area contributed by atoms with E-state index in [0.29, 0.717) is 12.8 Å². The molecule has 0 aromatic carbocycles. The van der Waals surface area contributed by atoms with Gasteiger partial charge in [0.05, 0.1) is 11.5 Å². The van der Waals surface area contributed by atoms with Crippen LogP contribution in [0.3, 0.4) is 0 Å². The van der Waals surface area contributed by atoms with E-state index in [1.807, 2.05) is 0 Å². The molecule has 0 radical (unpaired) electrons. The number of hydrogen-bond donors (Lipinski definition) is 1. The SMILES string of the molecule is O=CNC1CCCS(=O)(=O)C1. The first-order valence-corrected chi connectivity index (χ1v) is 5.36. The van der Waals surface area contributed by atoms with Crippen LogP contribution in [0, 0.1) is 0 Å². The number of amides is 1. The number of sulfone groups is 1. The molecule has 64 valence electrons. The number of hydrogen-bond acceptors (Lipinski definition) is 3. The highest BCUT2D eigenvalue weighted by Gasteiger charge is 2.23. The van der Waals surface area contributed by atoms with E-state index in [9.17, 15) is 13.2 Å². The van der Waals surface area contributed by atoms with Crippen molar-refractivity contribution in [3.63, 3.8) is 0 Å². The largest absolute Gasteiger partial charge is 0.355 e. The van der Waals surface area contributed by atoms with Gasteiger partial charge in [-0.1, -0.05) is 0 Å². The molecule has 1 unspecified atom stereocenters. The van der Waals surface area contributed by atoms with Crippen molar-refractivity contribution in [1.29, 1.82) is 0 Å². The number of nitrogens with one attached hydrogen (secondary N) is 1. The molecule has 4 nitrogen and oxygen atoms in total. The van der Waals surface area contributed by atoms with Crippen molar-refractivity contribution in [1.82, 2.24) is 5.32 Å². The Balaban J connectivity index is 2.53. The number of carbonyl (C=O) groups excluding carboxylic acids is 1. The van der Waals surface area contributed by atoms with E-state index in [4.69, 9.17) is 0 Å². The van der Waals surface area contributed by atoms with Crippen LogP contribution in [0.4, 0.5) is 0 Å². The highest BCUT2D eigenvalue weighted by atomic mass is 32.2. The van der Waals surface area contributed by atoms with Gasteiger partial charge in [-0.3, -0.25) is 4.79 Å². The molecule has 1 amide bonds. The molecule has 1 aliphatic heterocycles. The average Bonchev–Trinajstić information content (AvgIpc) is 1.85. The van der Waals surface area contributed by atoms with E-state index in [0.717, 1.165) is 6.42 Å². The van der Waals surface area contributed by atoms with Gasteiger partial charge in [-0.05, 0) is 12.8 Å². The Bertz CT molecular complexity index is 234. The Labute approximate surface area is 65.9 Å². The van der Waals surface area contributed by atoms with Crippen LogP contribution in [0.5, 0.6) is 0 Å². The average molecular weight is 177 g/mol. The van der Waals surface area contributed by atoms with Crippen LogP contribution in [0.1, 0.15) is 12.8 Å². The Kier molecular flexibility index (Phi) is 2.49. The normalized spacial score (nSPS) is 29.3. The molecule has 1 N–H and O–H groups in total. The minimum Gasteiger partial charge on any atom is -0.355 e. The lowest BCUT2D eigenvalue weighted by Crippen LogP contribution is -2.39. The van der Waals surface area contributed by atoms with Gasteiger partial charge < -0.3 is 5.32 Å². The molecule has 5 heteroatoms. The molecule has 1 rings (SSSR count). The van der Waals surface area contributed by atoms with Crippen molar-refractivity contribution in [3.05, 3.63) is 0 Å². The molecule has 0 bridgehead atoms. The van der Waals surface area contributed by atoms with Crippen LogP contribution in [0.15, 0.2) is 0 Å². The van der Waals surface area contributed by atoms with E-state index < -0.39 is 9.84 Å². The van der Waals surface area contributed by atoms with Crippen LogP contribution in [0.25, 0.3) is 0 Å². The lowest BCUT2D eigenvalue weighted by Gasteiger charge is -2.20. The van der Waals surface area contributed by atoms with Crippen molar-refractivity contribution in [2.45, 2.75) is 18.9 Å². The summed E-state index contributed by atoms with van der Waals surface area (Å²) in [5, 5.41) is 2.48. The van der Waals surface area contributed by atoms with Gasteiger partial charge in [0, 0.05) is 6.04 Å². The molecule has 0 aromatic heterocycles. The zero-order chi connectivity index (χ0) is 8.32. The summed E-state index contributed by atoms with van der Waals surface area (Å²) in [7, 11) is -2.88. The second-order valence-corrected chi connectivity index (χ2v) is 4.97. The van der Waals surface area contributed by atoms with E-state index in [-0.39, 0.29) is 17.5 Å². The van der Waals surface area contributed by atoms with Gasteiger partial charge in [0.15, 0.2) is 9.84 Å². The highest BCUT2D eigenvalue weighted by Crippen LogP contribution is 2.10. The molecular weight excluding hydrogens is 166 g/mol. The van der Waals surface area contributed by atoms with E-state index in [1.54, 1.807) is 0 Å². The molecular formula is C6H11NO3S. The van der Waals surface area contributed by atoms with Crippen LogP contribution in [-0.2, 0) is 14.6 Å². The first-order chi connectivity index (χ1) is 5.14. The molecule has 1 aliphatic rings. The third-order valence-electron chi connectivity index (χ3n) is 1.77. The Morgan fingerprint density at radius 2 is 2.18 bits per heavy atom. The maximum absolute atomic E-state index is 11.0. The minimum absolute atomic E-state index is 0.103. The minimum atomic E-state index is -2.88. The van der Waals surface area contributed by atoms with Crippen molar-refractivity contribution in [2.75, 3.05) is 11.5 Å². The number of carbonyl (C=O) groups is 1. The summed E-state index contributed by atoms with van der Waals surface area (Å²) in [6, 6.07) is -0.161. The van der Waals surface area contributed by atoms with E-state index in [1.165, 1.54) is 0 Å². The first kappa shape index (κ1) is 8.52. The van der Waals surface area contributed by atoms with Gasteiger partial charge in [-0.15, -0.1) is 0 Å². The molecule has 0 aliphatic carbocycles. The zero-order valence-electron chi connectivity index (χ0n) is 6.12. The summed E-state index contributed by atoms with van der Waals surface area (Å²) in [4.78, 5) is 9.98. The summed E-state index contributed by atoms with van der Waals surface area (Å²) in [5.41, 5.74) is 0. The summed E-state index contributed by atoms with van der Waals surface area (Å²) in [6.07, 6.45) is 2.00. The molecule has 1 fully saturated rings. The van der Waals surface area contributed by atoms with Crippen molar-refractivity contribution in [3.8, 4) is 0 Å². The lowest BCUT2D eigenvalue weighted by molar-refractivity contribution is -0.110. The molecule has 0 aromatic rings. The molecule has 1 atom stereocenters. The Morgan fingerprint density at radius 1 is 1.45 bits per heavy atom. The van der Waals surface area contributed by atoms with Crippen molar-refractivity contribution >= 4 is 16.2 Å². The van der Waals surface area contributed by atoms with Gasteiger partial charge in [0.2, 0.25) is 6.41 Å². The first-order valence-electron chi connectivity index (χ1n) is 3.54. The standard InChI is InChI=1S/C6H11NO3S/c8-5-7-6-2-1-3-11(9,10)4-6/h5-6H,1-4H2,(H,7,8). The molecule has 0 spiro atoms. The number of rotatable bonds is 2. The van der Waals surface area contributed by atoms with Crippen molar-refractivity contribution in [2.24, 2.45) is 0 Å². The molecule has 0 saturated carbocycles. The highest BCUT2D eigenvalue weighted by molar-refractivity contribution is 7.91. The summed E-state index contributed by atoms with van der Waals surface area (Å²) in [5.74, 6) is 0.371. The molecule has 11 heavy (non-hydrogen) atoms. The fraction of sp³-hybridized carbons (Fsp3) is 0.833. The predicted molar refractivity (Wildman–Crippen MR) is 40.9 cm³/mol. The monoisotopic (exact) mass is 177 g/mol. The summed E-state index contributed by atoms with van der Waals surface area (Å²) in [6.45, 7) is 0. The second-order valence-electron chi connectivity index (χ2n) is 2.74. The predicted octanol–water partition coefficient (Wildman–Crippen LogP) is -0.690. The smallest absolute Gasteiger partial charge is 0.207 e. The Morgan fingerprint density at radius 3 is 2.73 bits per heavy atom. The topological polar surface area (TPSA) is 63.2 Å². The van der Waals surface area contributed by atoms with Crippen LogP contribution in [0.2, 0.25) is 0 Å². The Hall–Kier alpha value is -0.580. The van der Waals surface area contributed by atoms with Gasteiger partial charge in [-0.2, -0.15) is 0 Å². The summed E-state index contributed by atoms with van der Waals surface area (Å²) < 4.78 is 22.0. The van der Waals surface area contributed by atoms with Gasteiger partial charge >= 0.3 is 0 Å². The fourth-order valence-electron chi connectivity index (χ4n) is 1.25. The van der Waals surface area contributed by atoms with Gasteiger partial charge in [-0.25, -0.2) is 8.42 Å². The second kappa shape index (κ2) is 3.21. The third-order valence-corrected chi connectivity index (χ3v) is 3.59.